The highest BCUT2D eigenvalue weighted by Crippen LogP contribution is 2.12. The first-order valence-corrected chi connectivity index (χ1v) is 13.5. The average molecular weight is 567 g/mol. The summed E-state index contributed by atoms with van der Waals surface area (Å²) in [7, 11) is 0. The second-order valence-electron chi connectivity index (χ2n) is 11.5. The zero-order valence-corrected chi connectivity index (χ0v) is 24.5. The second-order valence-corrected chi connectivity index (χ2v) is 11.5. The maximum atomic E-state index is 12.9. The minimum absolute atomic E-state index is 0.0529. The predicted octanol–water partition coefficient (Wildman–Crippen LogP) is 3.73. The first-order chi connectivity index (χ1) is 18.6. The minimum atomic E-state index is -1.12. The van der Waals surface area contributed by atoms with E-state index < -0.39 is 47.4 Å². The van der Waals surface area contributed by atoms with Gasteiger partial charge in [-0.1, -0.05) is 43.2 Å². The van der Waals surface area contributed by atoms with Crippen LogP contribution in [0.15, 0.2) is 30.3 Å². The van der Waals surface area contributed by atoms with Crippen LogP contribution in [-0.2, 0) is 30.4 Å². The number of amides is 2. The standard InChI is InChI=1S/C28H46N4O8/c1-27(2,3)39-24(35)22(29)15-11-8-12-16-32(26(37)38-19-20-13-9-7-10-14-20)30-18-21(17-23(33)34)31-25(36)40-28(4,5)6/h7,9-10,13-14,21-22,30H,8,11-12,15-19,29H2,1-6H3,(H,31,36)(H,33,34)/t21-,22?/m0/s1. The van der Waals surface area contributed by atoms with Crippen LogP contribution < -0.4 is 16.5 Å². The number of nitrogens with one attached hydrogen (secondary N) is 2. The molecule has 12 nitrogen and oxygen atoms in total. The van der Waals surface area contributed by atoms with Gasteiger partial charge in [0.1, 0.15) is 23.9 Å². The molecule has 0 aliphatic heterocycles. The molecule has 0 heterocycles. The maximum absolute atomic E-state index is 12.9. The minimum Gasteiger partial charge on any atom is -0.481 e. The molecule has 40 heavy (non-hydrogen) atoms. The summed E-state index contributed by atoms with van der Waals surface area (Å²) in [4.78, 5) is 48.5. The zero-order chi connectivity index (χ0) is 30.3. The molecule has 2 amide bonds. The molecule has 1 aromatic carbocycles. The Kier molecular flexibility index (Phi) is 14.4. The van der Waals surface area contributed by atoms with E-state index in [1.54, 1.807) is 41.5 Å². The summed E-state index contributed by atoms with van der Waals surface area (Å²) in [6, 6.07) is 7.58. The molecule has 0 bridgehead atoms. The molecule has 0 fully saturated rings. The number of hydrogen-bond acceptors (Lipinski definition) is 9. The number of nitrogens with zero attached hydrogens (tertiary/aromatic N) is 1. The van der Waals surface area contributed by atoms with Crippen LogP contribution in [0.4, 0.5) is 9.59 Å². The Labute approximate surface area is 236 Å². The van der Waals surface area contributed by atoms with E-state index in [9.17, 15) is 24.3 Å². The fraction of sp³-hybridized carbons (Fsp3) is 0.643. The molecule has 0 spiro atoms. The molecular weight excluding hydrogens is 520 g/mol. The molecule has 5 N–H and O–H groups in total. The molecule has 1 aromatic rings. The van der Waals surface area contributed by atoms with Crippen LogP contribution in [0.3, 0.4) is 0 Å². The topological polar surface area (TPSA) is 170 Å². The van der Waals surface area contributed by atoms with Gasteiger partial charge in [-0.25, -0.2) is 20.0 Å². The van der Waals surface area contributed by atoms with Crippen LogP contribution in [0.5, 0.6) is 0 Å². The molecule has 12 heteroatoms. The van der Waals surface area contributed by atoms with Crippen molar-refractivity contribution in [3.8, 4) is 0 Å². The maximum Gasteiger partial charge on any atom is 0.424 e. The molecule has 226 valence electrons. The summed E-state index contributed by atoms with van der Waals surface area (Å²) in [6.07, 6.45) is 0.478. The number of ether oxygens (including phenoxy) is 3. The summed E-state index contributed by atoms with van der Waals surface area (Å²) in [6.45, 7) is 10.7. The van der Waals surface area contributed by atoms with Crippen molar-refractivity contribution < 1.29 is 38.5 Å². The quantitative estimate of drug-likeness (QED) is 0.106. The van der Waals surface area contributed by atoms with Crippen molar-refractivity contribution >= 4 is 24.1 Å². The van der Waals surface area contributed by atoms with Crippen molar-refractivity contribution in [3.63, 3.8) is 0 Å². The number of carbonyl (C=O) groups excluding carboxylic acids is 3. The SMILES string of the molecule is CC(C)(C)OC(=O)N[C@H](CNN(CCCCCC(N)C(=O)OC(C)(C)C)C(=O)OCc1ccccc1)CC(=O)O. The molecule has 0 saturated carbocycles. The zero-order valence-electron chi connectivity index (χ0n) is 24.5. The van der Waals surface area contributed by atoms with Crippen LogP contribution in [0.1, 0.15) is 79.2 Å². The average Bonchev–Trinajstić information content (AvgIpc) is 2.81. The first-order valence-electron chi connectivity index (χ1n) is 13.5. The van der Waals surface area contributed by atoms with E-state index in [2.05, 4.69) is 10.7 Å². The Morgan fingerprint density at radius 2 is 1.57 bits per heavy atom. The molecule has 2 atom stereocenters. The number of nitrogens with two attached hydrogens (primary N) is 1. The number of carbonyl (C=O) groups is 4. The Hall–Kier alpha value is -3.38. The molecule has 1 rings (SSSR count). The molecular formula is C28H46N4O8. The first kappa shape index (κ1) is 34.6. The van der Waals surface area contributed by atoms with Crippen LogP contribution in [0.25, 0.3) is 0 Å². The smallest absolute Gasteiger partial charge is 0.424 e. The van der Waals surface area contributed by atoms with Crippen LogP contribution in [0, 0.1) is 0 Å². The van der Waals surface area contributed by atoms with Gasteiger partial charge in [0.25, 0.3) is 0 Å². The van der Waals surface area contributed by atoms with Gasteiger partial charge in [0.15, 0.2) is 0 Å². The fourth-order valence-corrected chi connectivity index (χ4v) is 3.42. The third-order valence-electron chi connectivity index (χ3n) is 5.20. The number of rotatable bonds is 15. The van der Waals surface area contributed by atoms with E-state index in [4.69, 9.17) is 19.9 Å². The van der Waals surface area contributed by atoms with Crippen molar-refractivity contribution in [3.05, 3.63) is 35.9 Å². The van der Waals surface area contributed by atoms with Crippen molar-refractivity contribution in [1.29, 1.82) is 0 Å². The highest BCUT2D eigenvalue weighted by molar-refractivity contribution is 5.75. The molecule has 0 aliphatic carbocycles. The Balaban J connectivity index is 2.74. The van der Waals surface area contributed by atoms with Crippen molar-refractivity contribution in [2.75, 3.05) is 13.1 Å². The lowest BCUT2D eigenvalue weighted by atomic mass is 10.1. The summed E-state index contributed by atoms with van der Waals surface area (Å²) in [5.41, 5.74) is 8.28. The van der Waals surface area contributed by atoms with Gasteiger partial charge in [-0.3, -0.25) is 9.59 Å². The third kappa shape index (κ3) is 16.6. The lowest BCUT2D eigenvalue weighted by Gasteiger charge is -2.27. The van der Waals surface area contributed by atoms with Crippen LogP contribution >= 0.6 is 0 Å². The van der Waals surface area contributed by atoms with Gasteiger partial charge in [-0.05, 0) is 59.9 Å². The largest absolute Gasteiger partial charge is 0.481 e. The van der Waals surface area contributed by atoms with Crippen molar-refractivity contribution in [2.45, 2.75) is 104 Å². The number of unbranched alkanes of at least 4 members (excludes halogenated alkanes) is 2. The third-order valence-corrected chi connectivity index (χ3v) is 5.20. The molecule has 0 aliphatic rings. The Bertz CT molecular complexity index is 944. The monoisotopic (exact) mass is 566 g/mol. The number of hydrazine groups is 1. The number of benzene rings is 1. The van der Waals surface area contributed by atoms with Gasteiger partial charge in [-0.2, -0.15) is 0 Å². The van der Waals surface area contributed by atoms with Gasteiger partial charge in [0.05, 0.1) is 12.5 Å². The van der Waals surface area contributed by atoms with Crippen LogP contribution in [-0.4, -0.2) is 70.6 Å². The van der Waals surface area contributed by atoms with E-state index in [1.165, 1.54) is 5.01 Å². The molecule has 0 aromatic heterocycles. The highest BCUT2D eigenvalue weighted by atomic mass is 16.6. The highest BCUT2D eigenvalue weighted by Gasteiger charge is 2.24. The van der Waals surface area contributed by atoms with Gasteiger partial charge in [-0.15, -0.1) is 0 Å². The number of carboxylic acid groups (broad SMARTS) is 1. The van der Waals surface area contributed by atoms with Gasteiger partial charge < -0.3 is 30.4 Å². The number of esters is 1. The number of aliphatic carboxylic acids is 1. The number of alkyl carbamates (subject to hydrolysis) is 1. The normalized spacial score (nSPS) is 13.1. The molecule has 0 saturated heterocycles. The van der Waals surface area contributed by atoms with Gasteiger partial charge in [0, 0.05) is 13.1 Å². The second kappa shape index (κ2) is 16.7. The Morgan fingerprint density at radius 3 is 2.15 bits per heavy atom. The van der Waals surface area contributed by atoms with Gasteiger partial charge >= 0.3 is 24.1 Å². The summed E-state index contributed by atoms with van der Waals surface area (Å²) in [5, 5.41) is 13.1. The van der Waals surface area contributed by atoms with E-state index in [1.807, 2.05) is 30.3 Å². The van der Waals surface area contributed by atoms with Crippen LogP contribution in [0.2, 0.25) is 0 Å². The van der Waals surface area contributed by atoms with Gasteiger partial charge in [0.2, 0.25) is 0 Å². The Morgan fingerprint density at radius 1 is 0.950 bits per heavy atom. The lowest BCUT2D eigenvalue weighted by Crippen LogP contribution is -2.51. The van der Waals surface area contributed by atoms with E-state index >= 15 is 0 Å². The van der Waals surface area contributed by atoms with E-state index in [0.29, 0.717) is 25.7 Å². The number of hydrogen-bond donors (Lipinski definition) is 4. The van der Waals surface area contributed by atoms with E-state index in [-0.39, 0.29) is 26.1 Å². The molecule has 1 unspecified atom stereocenters. The van der Waals surface area contributed by atoms with E-state index in [0.717, 1.165) is 5.56 Å². The summed E-state index contributed by atoms with van der Waals surface area (Å²) in [5.74, 6) is -1.58. The van der Waals surface area contributed by atoms with Crippen molar-refractivity contribution in [2.24, 2.45) is 5.73 Å². The lowest BCUT2D eigenvalue weighted by molar-refractivity contribution is -0.156. The summed E-state index contributed by atoms with van der Waals surface area (Å²) >= 11 is 0. The van der Waals surface area contributed by atoms with Crippen molar-refractivity contribution in [1.82, 2.24) is 15.8 Å². The predicted molar refractivity (Wildman–Crippen MR) is 149 cm³/mol. The number of carboxylic acids is 1. The molecule has 0 radical (unpaired) electrons. The fourth-order valence-electron chi connectivity index (χ4n) is 3.42. The summed E-state index contributed by atoms with van der Waals surface area (Å²) < 4.78 is 16.0.